The van der Waals surface area contributed by atoms with E-state index in [4.69, 9.17) is 0 Å². The predicted molar refractivity (Wildman–Crippen MR) is 86.8 cm³/mol. The summed E-state index contributed by atoms with van der Waals surface area (Å²) in [7, 11) is -2.75. The van der Waals surface area contributed by atoms with Crippen molar-refractivity contribution in [1.82, 2.24) is 5.32 Å². The number of sulfonamides is 1. The molecular weight excluding hydrogens is 357 g/mol. The number of hydrogen-bond acceptors (Lipinski definition) is 3. The molecule has 0 bridgehead atoms. The Morgan fingerprint density at radius 2 is 1.76 bits per heavy atom. The fourth-order valence-electron chi connectivity index (χ4n) is 2.12. The van der Waals surface area contributed by atoms with Crippen molar-refractivity contribution in [1.29, 1.82) is 0 Å². The van der Waals surface area contributed by atoms with Gasteiger partial charge < -0.3 is 5.32 Å². The van der Waals surface area contributed by atoms with Crippen LogP contribution in [0, 0.1) is 6.92 Å². The minimum Gasteiger partial charge on any atom is -0.355 e. The van der Waals surface area contributed by atoms with E-state index in [9.17, 15) is 26.4 Å². The molecule has 0 saturated heterocycles. The van der Waals surface area contributed by atoms with Crippen LogP contribution in [0.3, 0.4) is 0 Å². The van der Waals surface area contributed by atoms with E-state index in [1.165, 1.54) is 31.3 Å². The van der Waals surface area contributed by atoms with Gasteiger partial charge in [-0.15, -0.1) is 0 Å². The molecule has 0 aliphatic heterocycles. The van der Waals surface area contributed by atoms with Gasteiger partial charge in [-0.25, -0.2) is 8.42 Å². The second kappa shape index (κ2) is 6.75. The third-order valence-electron chi connectivity index (χ3n) is 3.43. The monoisotopic (exact) mass is 372 g/mol. The van der Waals surface area contributed by atoms with E-state index in [1.807, 2.05) is 0 Å². The van der Waals surface area contributed by atoms with Crippen molar-refractivity contribution in [3.63, 3.8) is 0 Å². The predicted octanol–water partition coefficient (Wildman–Crippen LogP) is 3.17. The van der Waals surface area contributed by atoms with Crippen molar-refractivity contribution in [2.45, 2.75) is 18.0 Å². The maximum Gasteiger partial charge on any atom is 0.416 e. The maximum atomic E-state index is 12.7. The molecule has 25 heavy (non-hydrogen) atoms. The first-order valence-corrected chi connectivity index (χ1v) is 8.56. The average molecular weight is 372 g/mol. The van der Waals surface area contributed by atoms with Crippen molar-refractivity contribution in [2.75, 3.05) is 11.8 Å². The molecule has 0 spiro atoms. The van der Waals surface area contributed by atoms with Gasteiger partial charge in [-0.1, -0.05) is 12.1 Å². The van der Waals surface area contributed by atoms with Crippen LogP contribution in [0.4, 0.5) is 18.9 Å². The second-order valence-electron chi connectivity index (χ2n) is 5.24. The Labute approximate surface area is 142 Å². The molecule has 0 aliphatic carbocycles. The number of alkyl halides is 3. The topological polar surface area (TPSA) is 75.3 Å². The highest BCUT2D eigenvalue weighted by Gasteiger charge is 2.30. The number of aryl methyl sites for hydroxylation is 1. The molecule has 0 unspecified atom stereocenters. The fourth-order valence-corrected chi connectivity index (χ4v) is 3.20. The van der Waals surface area contributed by atoms with E-state index >= 15 is 0 Å². The Morgan fingerprint density at radius 3 is 2.36 bits per heavy atom. The zero-order valence-electron chi connectivity index (χ0n) is 13.3. The number of anilines is 1. The molecule has 0 radical (unpaired) electrons. The van der Waals surface area contributed by atoms with E-state index in [0.717, 1.165) is 12.1 Å². The number of amides is 1. The van der Waals surface area contributed by atoms with Gasteiger partial charge in [0.05, 0.1) is 10.5 Å². The number of carbonyl (C=O) groups is 1. The molecule has 5 nitrogen and oxygen atoms in total. The summed E-state index contributed by atoms with van der Waals surface area (Å²) in [5.74, 6) is -0.464. The lowest BCUT2D eigenvalue weighted by Gasteiger charge is -2.12. The summed E-state index contributed by atoms with van der Waals surface area (Å²) < 4.78 is 65.1. The molecule has 2 N–H and O–H groups in total. The van der Waals surface area contributed by atoms with Gasteiger partial charge >= 0.3 is 6.18 Å². The molecule has 1 amide bonds. The van der Waals surface area contributed by atoms with Gasteiger partial charge in [-0.3, -0.25) is 9.52 Å². The summed E-state index contributed by atoms with van der Waals surface area (Å²) in [5.41, 5.74) is -0.466. The van der Waals surface area contributed by atoms with Crippen LogP contribution in [0.2, 0.25) is 0 Å². The molecule has 0 aliphatic rings. The van der Waals surface area contributed by atoms with Gasteiger partial charge in [0.1, 0.15) is 0 Å². The lowest BCUT2D eigenvalue weighted by Crippen LogP contribution is -2.20. The van der Waals surface area contributed by atoms with E-state index in [0.29, 0.717) is 11.6 Å². The largest absolute Gasteiger partial charge is 0.416 e. The van der Waals surface area contributed by atoms with Crippen molar-refractivity contribution in [2.24, 2.45) is 0 Å². The molecule has 2 rings (SSSR count). The van der Waals surface area contributed by atoms with Gasteiger partial charge in [-0.2, -0.15) is 13.2 Å². The maximum absolute atomic E-state index is 12.7. The molecule has 0 fully saturated rings. The van der Waals surface area contributed by atoms with Crippen LogP contribution in [0.5, 0.6) is 0 Å². The zero-order valence-corrected chi connectivity index (χ0v) is 14.1. The van der Waals surface area contributed by atoms with E-state index in [1.54, 1.807) is 6.92 Å². The SMILES string of the molecule is CNC(=O)c1cc(S(=O)(=O)Nc2cccc(C(F)(F)F)c2)ccc1C. The first kappa shape index (κ1) is 18.8. The smallest absolute Gasteiger partial charge is 0.355 e. The summed E-state index contributed by atoms with van der Waals surface area (Å²) >= 11 is 0. The third-order valence-corrected chi connectivity index (χ3v) is 4.81. The Kier molecular flexibility index (Phi) is 5.07. The molecule has 134 valence electrons. The van der Waals surface area contributed by atoms with Crippen molar-refractivity contribution in [3.8, 4) is 0 Å². The van der Waals surface area contributed by atoms with Crippen LogP contribution in [0.25, 0.3) is 0 Å². The van der Waals surface area contributed by atoms with Crippen LogP contribution in [0.15, 0.2) is 47.4 Å². The minimum atomic E-state index is -4.59. The normalized spacial score (nSPS) is 11.9. The first-order valence-electron chi connectivity index (χ1n) is 7.07. The molecule has 0 saturated carbocycles. The van der Waals surface area contributed by atoms with Gasteiger partial charge in [0.25, 0.3) is 15.9 Å². The molecule has 2 aromatic rings. The lowest BCUT2D eigenvalue weighted by atomic mass is 10.1. The lowest BCUT2D eigenvalue weighted by molar-refractivity contribution is -0.137. The number of halogens is 3. The number of carbonyl (C=O) groups excluding carboxylic acids is 1. The molecule has 2 aromatic carbocycles. The Hall–Kier alpha value is -2.55. The van der Waals surface area contributed by atoms with Crippen LogP contribution < -0.4 is 10.0 Å². The third kappa shape index (κ3) is 4.30. The quantitative estimate of drug-likeness (QED) is 0.866. The molecular formula is C16H15F3N2O3S. The number of nitrogens with one attached hydrogen (secondary N) is 2. The van der Waals surface area contributed by atoms with Gasteiger partial charge in [0.15, 0.2) is 0 Å². The zero-order chi connectivity index (χ0) is 18.8. The number of rotatable bonds is 4. The highest BCUT2D eigenvalue weighted by Crippen LogP contribution is 2.31. The van der Waals surface area contributed by atoms with Gasteiger partial charge in [-0.05, 0) is 42.8 Å². The average Bonchev–Trinajstić information content (AvgIpc) is 2.53. The molecule has 9 heteroatoms. The fraction of sp³-hybridized carbons (Fsp3) is 0.188. The minimum absolute atomic E-state index is 0.161. The Bertz CT molecular complexity index is 909. The molecule has 0 aromatic heterocycles. The van der Waals surface area contributed by atoms with Crippen LogP contribution >= 0.6 is 0 Å². The van der Waals surface area contributed by atoms with E-state index < -0.39 is 27.7 Å². The van der Waals surface area contributed by atoms with Crippen LogP contribution in [-0.2, 0) is 16.2 Å². The first-order chi connectivity index (χ1) is 11.5. The van der Waals surface area contributed by atoms with E-state index in [2.05, 4.69) is 10.0 Å². The second-order valence-corrected chi connectivity index (χ2v) is 6.92. The molecule has 0 atom stereocenters. The summed E-state index contributed by atoms with van der Waals surface area (Å²) in [6, 6.07) is 7.75. The van der Waals surface area contributed by atoms with Crippen molar-refractivity contribution in [3.05, 3.63) is 59.2 Å². The van der Waals surface area contributed by atoms with Crippen LogP contribution in [0.1, 0.15) is 21.5 Å². The summed E-state index contributed by atoms with van der Waals surface area (Å²) in [6.45, 7) is 1.64. The van der Waals surface area contributed by atoms with E-state index in [-0.39, 0.29) is 16.1 Å². The standard InChI is InChI=1S/C16H15F3N2O3S/c1-10-6-7-13(9-14(10)15(22)20-2)25(23,24)21-12-5-3-4-11(8-12)16(17,18)19/h3-9,21H,1-2H3,(H,20,22). The summed E-state index contributed by atoms with van der Waals surface area (Å²) in [4.78, 5) is 11.5. The van der Waals surface area contributed by atoms with Crippen LogP contribution in [-0.4, -0.2) is 21.4 Å². The number of hydrogen-bond donors (Lipinski definition) is 2. The highest BCUT2D eigenvalue weighted by atomic mass is 32.2. The summed E-state index contributed by atoms with van der Waals surface area (Å²) in [5, 5.41) is 2.40. The Morgan fingerprint density at radius 1 is 1.08 bits per heavy atom. The molecule has 0 heterocycles. The Balaban J connectivity index is 2.39. The van der Waals surface area contributed by atoms with Crippen molar-refractivity contribution >= 4 is 21.6 Å². The van der Waals surface area contributed by atoms with Gasteiger partial charge in [0, 0.05) is 18.3 Å². The van der Waals surface area contributed by atoms with Crippen molar-refractivity contribution < 1.29 is 26.4 Å². The summed E-state index contributed by atoms with van der Waals surface area (Å²) in [6.07, 6.45) is -4.59. The van der Waals surface area contributed by atoms with Gasteiger partial charge in [0.2, 0.25) is 0 Å². The number of benzene rings is 2. The highest BCUT2D eigenvalue weighted by molar-refractivity contribution is 7.92.